The predicted molar refractivity (Wildman–Crippen MR) is 174 cm³/mol. The summed E-state index contributed by atoms with van der Waals surface area (Å²) in [7, 11) is -4.27. The molecule has 4 rings (SSSR count). The maximum absolute atomic E-state index is 14.3. The minimum absolute atomic E-state index is 0.0136. The molecule has 1 aliphatic rings. The molecule has 1 fully saturated rings. The number of sulfonamides is 1. The van der Waals surface area contributed by atoms with Crippen molar-refractivity contribution in [3.05, 3.63) is 91.9 Å². The second-order valence-electron chi connectivity index (χ2n) is 10.6. The van der Waals surface area contributed by atoms with E-state index in [0.29, 0.717) is 22.0 Å². The number of anilines is 1. The van der Waals surface area contributed by atoms with Crippen molar-refractivity contribution in [2.75, 3.05) is 10.8 Å². The van der Waals surface area contributed by atoms with E-state index >= 15 is 0 Å². The third-order valence-electron chi connectivity index (χ3n) is 7.47. The van der Waals surface area contributed by atoms with Crippen LogP contribution in [0.5, 0.6) is 0 Å². The van der Waals surface area contributed by atoms with Crippen LogP contribution < -0.4 is 9.62 Å². The Kier molecular flexibility index (Phi) is 11.3. The molecule has 1 atom stereocenters. The third-order valence-corrected chi connectivity index (χ3v) is 10.3. The van der Waals surface area contributed by atoms with Crippen LogP contribution in [0.1, 0.15) is 50.2 Å². The molecule has 0 radical (unpaired) electrons. The van der Waals surface area contributed by atoms with Gasteiger partial charge in [0.05, 0.1) is 10.6 Å². The van der Waals surface area contributed by atoms with Crippen LogP contribution in [0.25, 0.3) is 0 Å². The van der Waals surface area contributed by atoms with Gasteiger partial charge in [-0.25, -0.2) is 8.42 Å². The Morgan fingerprint density at radius 3 is 2.12 bits per heavy atom. The summed E-state index contributed by atoms with van der Waals surface area (Å²) in [5.74, 6) is -0.905. The van der Waals surface area contributed by atoms with Gasteiger partial charge in [0.1, 0.15) is 12.6 Å². The highest BCUT2D eigenvalue weighted by Gasteiger charge is 2.35. The lowest BCUT2D eigenvalue weighted by atomic mass is 10.1. The topological polar surface area (TPSA) is 86.8 Å². The summed E-state index contributed by atoms with van der Waals surface area (Å²) < 4.78 is 29.0. The van der Waals surface area contributed by atoms with Crippen LogP contribution in [0.4, 0.5) is 5.69 Å². The number of halogens is 4. The first-order valence-corrected chi connectivity index (χ1v) is 16.9. The average Bonchev–Trinajstić information content (AvgIpc) is 3.45. The van der Waals surface area contributed by atoms with Gasteiger partial charge >= 0.3 is 0 Å². The summed E-state index contributed by atoms with van der Waals surface area (Å²) in [6.07, 6.45) is 4.09. The molecular weight excluding hydrogens is 652 g/mol. The smallest absolute Gasteiger partial charge is 0.264 e. The van der Waals surface area contributed by atoms with Crippen molar-refractivity contribution in [1.29, 1.82) is 0 Å². The van der Waals surface area contributed by atoms with Gasteiger partial charge in [-0.1, -0.05) is 89.9 Å². The lowest BCUT2D eigenvalue weighted by Crippen LogP contribution is -2.53. The molecular formula is C31H33Cl4N3O4S. The van der Waals surface area contributed by atoms with Gasteiger partial charge in [0.15, 0.2) is 0 Å². The van der Waals surface area contributed by atoms with E-state index in [2.05, 4.69) is 5.32 Å². The van der Waals surface area contributed by atoms with Gasteiger partial charge in [0, 0.05) is 32.7 Å². The van der Waals surface area contributed by atoms with Crippen LogP contribution in [-0.4, -0.2) is 43.8 Å². The number of hydrogen-bond acceptors (Lipinski definition) is 4. The summed E-state index contributed by atoms with van der Waals surface area (Å²) in [4.78, 5) is 29.2. The zero-order valence-corrected chi connectivity index (χ0v) is 27.7. The first-order chi connectivity index (χ1) is 20.4. The molecule has 1 saturated carbocycles. The standard InChI is InChI=1S/C31H33Cl4N3O4S/c1-3-29(31(40)36-25-6-4-5-7-25)37(18-21-10-11-22(32)17-28(21)35)30(39)19-38(26-15-23(33)14-24(34)16-26)43(41,42)27-12-8-20(2)9-13-27/h8-17,25,29H,3-7,18-19H2,1-2H3,(H,36,40)/t29-/m0/s1. The summed E-state index contributed by atoms with van der Waals surface area (Å²) >= 11 is 25.1. The number of benzene rings is 3. The van der Waals surface area contributed by atoms with Crippen LogP contribution in [0.15, 0.2) is 65.6 Å². The Labute approximate surface area is 273 Å². The van der Waals surface area contributed by atoms with Crippen LogP contribution in [-0.2, 0) is 26.2 Å². The minimum Gasteiger partial charge on any atom is -0.352 e. The van der Waals surface area contributed by atoms with Crippen molar-refractivity contribution >= 4 is 73.9 Å². The van der Waals surface area contributed by atoms with Gasteiger partial charge in [-0.15, -0.1) is 0 Å². The number of carbonyl (C=O) groups is 2. The van der Waals surface area contributed by atoms with E-state index in [9.17, 15) is 18.0 Å². The number of hydrogen-bond donors (Lipinski definition) is 1. The highest BCUT2D eigenvalue weighted by atomic mass is 35.5. The van der Waals surface area contributed by atoms with Gasteiger partial charge < -0.3 is 10.2 Å². The van der Waals surface area contributed by atoms with E-state index in [0.717, 1.165) is 35.6 Å². The molecule has 7 nitrogen and oxygen atoms in total. The molecule has 0 aliphatic heterocycles. The number of amides is 2. The molecule has 230 valence electrons. The zero-order chi connectivity index (χ0) is 31.3. The lowest BCUT2D eigenvalue weighted by Gasteiger charge is -2.34. The van der Waals surface area contributed by atoms with E-state index in [1.54, 1.807) is 37.3 Å². The fourth-order valence-electron chi connectivity index (χ4n) is 5.17. The Hall–Kier alpha value is -2.49. The SMILES string of the molecule is CC[C@@H](C(=O)NC1CCCC1)N(Cc1ccc(Cl)cc1Cl)C(=O)CN(c1cc(Cl)cc(Cl)c1)S(=O)(=O)c1ccc(C)cc1. The van der Waals surface area contributed by atoms with Gasteiger partial charge in [-0.05, 0) is 74.2 Å². The van der Waals surface area contributed by atoms with Crippen LogP contribution in [0, 0.1) is 6.92 Å². The monoisotopic (exact) mass is 683 g/mol. The normalized spacial score (nSPS) is 14.4. The fraction of sp³-hybridized carbons (Fsp3) is 0.355. The van der Waals surface area contributed by atoms with Crippen molar-refractivity contribution in [3.8, 4) is 0 Å². The van der Waals surface area contributed by atoms with Gasteiger partial charge in [0.25, 0.3) is 10.0 Å². The highest BCUT2D eigenvalue weighted by Crippen LogP contribution is 2.31. The molecule has 0 spiro atoms. The predicted octanol–water partition coefficient (Wildman–Crippen LogP) is 7.67. The van der Waals surface area contributed by atoms with Crippen molar-refractivity contribution in [1.82, 2.24) is 10.2 Å². The molecule has 0 unspecified atom stereocenters. The quantitative estimate of drug-likeness (QED) is 0.225. The highest BCUT2D eigenvalue weighted by molar-refractivity contribution is 7.92. The molecule has 1 aliphatic carbocycles. The second-order valence-corrected chi connectivity index (χ2v) is 14.2. The minimum atomic E-state index is -4.27. The van der Waals surface area contributed by atoms with Crippen molar-refractivity contribution in [3.63, 3.8) is 0 Å². The Bertz CT molecular complexity index is 1560. The summed E-state index contributed by atoms with van der Waals surface area (Å²) in [6, 6.07) is 14.7. The van der Waals surface area contributed by atoms with Crippen molar-refractivity contribution < 1.29 is 18.0 Å². The molecule has 1 N–H and O–H groups in total. The van der Waals surface area contributed by atoms with E-state index in [1.807, 2.05) is 6.92 Å². The maximum Gasteiger partial charge on any atom is 0.264 e. The lowest BCUT2D eigenvalue weighted by molar-refractivity contribution is -0.140. The number of carbonyl (C=O) groups excluding carboxylic acids is 2. The number of nitrogens with one attached hydrogen (secondary N) is 1. The first kappa shape index (κ1) is 33.4. The average molecular weight is 686 g/mol. The molecule has 43 heavy (non-hydrogen) atoms. The summed E-state index contributed by atoms with van der Waals surface area (Å²) in [5.41, 5.74) is 1.54. The van der Waals surface area contributed by atoms with Gasteiger partial charge in [0.2, 0.25) is 11.8 Å². The van der Waals surface area contributed by atoms with Gasteiger partial charge in [-0.2, -0.15) is 0 Å². The van der Waals surface area contributed by atoms with E-state index in [-0.39, 0.29) is 39.1 Å². The molecule has 2 amide bonds. The molecule has 0 bridgehead atoms. The van der Waals surface area contributed by atoms with E-state index in [1.165, 1.54) is 35.2 Å². The Morgan fingerprint density at radius 2 is 1.53 bits per heavy atom. The Morgan fingerprint density at radius 1 is 0.907 bits per heavy atom. The summed E-state index contributed by atoms with van der Waals surface area (Å²) in [6.45, 7) is 2.99. The van der Waals surface area contributed by atoms with Gasteiger partial charge in [-0.3, -0.25) is 13.9 Å². The first-order valence-electron chi connectivity index (χ1n) is 14.0. The third kappa shape index (κ3) is 8.37. The molecule has 0 saturated heterocycles. The number of aryl methyl sites for hydroxylation is 1. The zero-order valence-electron chi connectivity index (χ0n) is 23.8. The summed E-state index contributed by atoms with van der Waals surface area (Å²) in [5, 5.41) is 4.23. The molecule has 12 heteroatoms. The van der Waals surface area contributed by atoms with Crippen molar-refractivity contribution in [2.24, 2.45) is 0 Å². The van der Waals surface area contributed by atoms with E-state index in [4.69, 9.17) is 46.4 Å². The Balaban J connectivity index is 1.76. The second kappa shape index (κ2) is 14.5. The molecule has 3 aromatic carbocycles. The number of nitrogens with zero attached hydrogens (tertiary/aromatic N) is 2. The largest absolute Gasteiger partial charge is 0.352 e. The molecule has 3 aromatic rings. The van der Waals surface area contributed by atoms with E-state index < -0.39 is 28.5 Å². The van der Waals surface area contributed by atoms with Crippen LogP contribution in [0.3, 0.4) is 0 Å². The number of rotatable bonds is 11. The van der Waals surface area contributed by atoms with Crippen LogP contribution >= 0.6 is 46.4 Å². The molecule has 0 heterocycles. The fourth-order valence-corrected chi connectivity index (χ4v) is 7.55. The van der Waals surface area contributed by atoms with Crippen molar-refractivity contribution in [2.45, 2.75) is 69.5 Å². The van der Waals surface area contributed by atoms with Crippen LogP contribution in [0.2, 0.25) is 20.1 Å². The molecule has 0 aromatic heterocycles. The maximum atomic E-state index is 14.3.